The van der Waals surface area contributed by atoms with Crippen molar-refractivity contribution < 1.29 is 0 Å². The molecule has 8 nitrogen and oxygen atoms in total. The lowest BCUT2D eigenvalue weighted by Crippen LogP contribution is -2.23. The summed E-state index contributed by atoms with van der Waals surface area (Å²) in [6, 6.07) is 18.6. The largest absolute Gasteiger partial charge is 0.283 e. The molecule has 0 fully saturated rings. The van der Waals surface area contributed by atoms with Crippen LogP contribution in [-0.2, 0) is 17.3 Å². The van der Waals surface area contributed by atoms with Crippen LogP contribution in [0.2, 0.25) is 0 Å². The van der Waals surface area contributed by atoms with Crippen molar-refractivity contribution in [3.05, 3.63) is 96.9 Å². The SMILES string of the molecule is CC(C)(C)c1ncnc2c1ncn2-c1cccc(CC(C)(C)c2ncnc3c2ncn3-c2ccccc2)c1. The van der Waals surface area contributed by atoms with Gasteiger partial charge in [0, 0.05) is 22.2 Å². The number of nitrogens with zero attached hydrogens (tertiary/aromatic N) is 8. The normalized spacial score (nSPS) is 12.4. The highest BCUT2D eigenvalue weighted by Crippen LogP contribution is 2.32. The van der Waals surface area contributed by atoms with Gasteiger partial charge in [0.15, 0.2) is 11.3 Å². The van der Waals surface area contributed by atoms with Crippen LogP contribution in [0.1, 0.15) is 51.6 Å². The van der Waals surface area contributed by atoms with E-state index in [0.717, 1.165) is 51.5 Å². The summed E-state index contributed by atoms with van der Waals surface area (Å²) in [5.41, 5.74) is 7.97. The number of hydrogen-bond donors (Lipinski definition) is 0. The van der Waals surface area contributed by atoms with E-state index in [0.29, 0.717) is 0 Å². The van der Waals surface area contributed by atoms with E-state index in [1.54, 1.807) is 12.7 Å². The van der Waals surface area contributed by atoms with E-state index >= 15 is 0 Å². The van der Waals surface area contributed by atoms with Crippen LogP contribution in [0.25, 0.3) is 33.7 Å². The maximum absolute atomic E-state index is 4.73. The van der Waals surface area contributed by atoms with Crippen LogP contribution < -0.4 is 0 Å². The van der Waals surface area contributed by atoms with E-state index < -0.39 is 0 Å². The van der Waals surface area contributed by atoms with Crippen LogP contribution in [0.4, 0.5) is 0 Å². The summed E-state index contributed by atoms with van der Waals surface area (Å²) in [7, 11) is 0. The summed E-state index contributed by atoms with van der Waals surface area (Å²) in [5.74, 6) is 0. The zero-order valence-corrected chi connectivity index (χ0v) is 22.3. The fourth-order valence-electron chi connectivity index (χ4n) is 5.09. The third-order valence-electron chi connectivity index (χ3n) is 6.89. The topological polar surface area (TPSA) is 87.2 Å². The van der Waals surface area contributed by atoms with Crippen molar-refractivity contribution in [3.63, 3.8) is 0 Å². The van der Waals surface area contributed by atoms with Crippen molar-refractivity contribution in [2.45, 2.75) is 51.9 Å². The van der Waals surface area contributed by atoms with Gasteiger partial charge in [0.25, 0.3) is 0 Å². The first-order chi connectivity index (χ1) is 18.2. The van der Waals surface area contributed by atoms with Crippen molar-refractivity contribution >= 4 is 22.3 Å². The molecule has 2 aromatic carbocycles. The fourth-order valence-corrected chi connectivity index (χ4v) is 5.09. The minimum absolute atomic E-state index is 0.122. The van der Waals surface area contributed by atoms with Gasteiger partial charge in [-0.3, -0.25) is 9.13 Å². The minimum Gasteiger partial charge on any atom is -0.283 e. The molecule has 38 heavy (non-hydrogen) atoms. The molecule has 0 amide bonds. The highest BCUT2D eigenvalue weighted by atomic mass is 15.1. The lowest BCUT2D eigenvalue weighted by atomic mass is 9.82. The number of para-hydroxylation sites is 1. The average molecular weight is 503 g/mol. The Kier molecular flexibility index (Phi) is 5.56. The molecule has 0 saturated carbocycles. The van der Waals surface area contributed by atoms with Crippen molar-refractivity contribution in [3.8, 4) is 11.4 Å². The molecule has 6 aromatic rings. The van der Waals surface area contributed by atoms with Crippen molar-refractivity contribution in [1.29, 1.82) is 0 Å². The fraction of sp³-hybridized carbons (Fsp3) is 0.267. The summed E-state index contributed by atoms with van der Waals surface area (Å²) in [4.78, 5) is 27.8. The van der Waals surface area contributed by atoms with Gasteiger partial charge in [-0.25, -0.2) is 29.9 Å². The number of rotatable bonds is 5. The molecule has 4 aromatic heterocycles. The molecular formula is C30H30N8. The Morgan fingerprint density at radius 1 is 0.605 bits per heavy atom. The Bertz CT molecular complexity index is 1760. The first-order valence-electron chi connectivity index (χ1n) is 12.7. The highest BCUT2D eigenvalue weighted by molar-refractivity contribution is 5.77. The second kappa shape index (κ2) is 8.83. The predicted molar refractivity (Wildman–Crippen MR) is 149 cm³/mol. The van der Waals surface area contributed by atoms with Gasteiger partial charge in [0.05, 0.1) is 11.4 Å². The Labute approximate surface area is 221 Å². The van der Waals surface area contributed by atoms with Gasteiger partial charge >= 0.3 is 0 Å². The van der Waals surface area contributed by atoms with Crippen LogP contribution >= 0.6 is 0 Å². The number of benzene rings is 2. The molecule has 0 atom stereocenters. The quantitative estimate of drug-likeness (QED) is 0.298. The van der Waals surface area contributed by atoms with Gasteiger partial charge in [-0.15, -0.1) is 0 Å². The maximum Gasteiger partial charge on any atom is 0.168 e. The van der Waals surface area contributed by atoms with Crippen LogP contribution in [0.5, 0.6) is 0 Å². The Morgan fingerprint density at radius 3 is 1.84 bits per heavy atom. The lowest BCUT2D eigenvalue weighted by molar-refractivity contribution is 0.509. The van der Waals surface area contributed by atoms with E-state index in [2.05, 4.69) is 91.0 Å². The second-order valence-electron chi connectivity index (χ2n) is 11.3. The molecule has 6 rings (SSSR count). The monoisotopic (exact) mass is 502 g/mol. The molecule has 0 saturated heterocycles. The smallest absolute Gasteiger partial charge is 0.168 e. The highest BCUT2D eigenvalue weighted by Gasteiger charge is 2.28. The Balaban J connectivity index is 1.36. The van der Waals surface area contributed by atoms with Gasteiger partial charge in [0.2, 0.25) is 0 Å². The van der Waals surface area contributed by atoms with Crippen molar-refractivity contribution in [1.82, 2.24) is 39.0 Å². The number of imidazole rings is 2. The van der Waals surface area contributed by atoms with Gasteiger partial charge in [-0.05, 0) is 36.2 Å². The summed E-state index contributed by atoms with van der Waals surface area (Å²) < 4.78 is 4.04. The van der Waals surface area contributed by atoms with Crippen LogP contribution in [-0.4, -0.2) is 39.0 Å². The summed E-state index contributed by atoms with van der Waals surface area (Å²) in [5, 5.41) is 0. The molecule has 190 valence electrons. The Hall–Kier alpha value is -4.46. The maximum atomic E-state index is 4.73. The molecule has 0 spiro atoms. The first kappa shape index (κ1) is 23.9. The standard InChI is InChI=1S/C30H30N8/c1-29(2,3)25-23-27(33-16-31-25)38(19-35-23)22-13-9-10-20(14-22)15-30(4,5)26-24-28(34-17-32-26)37(18-36-24)21-11-7-6-8-12-21/h6-14,16-19H,15H2,1-5H3. The summed E-state index contributed by atoms with van der Waals surface area (Å²) in [6.07, 6.45) is 7.71. The van der Waals surface area contributed by atoms with E-state index in [9.17, 15) is 0 Å². The zero-order valence-electron chi connectivity index (χ0n) is 22.3. The molecule has 0 aliphatic heterocycles. The van der Waals surface area contributed by atoms with Crippen molar-refractivity contribution in [2.24, 2.45) is 0 Å². The van der Waals surface area contributed by atoms with E-state index in [4.69, 9.17) is 9.97 Å². The van der Waals surface area contributed by atoms with Crippen LogP contribution in [0.3, 0.4) is 0 Å². The minimum atomic E-state index is -0.283. The third-order valence-corrected chi connectivity index (χ3v) is 6.89. The van der Waals surface area contributed by atoms with E-state index in [1.807, 2.05) is 40.0 Å². The number of hydrogen-bond acceptors (Lipinski definition) is 6. The summed E-state index contributed by atoms with van der Waals surface area (Å²) in [6.45, 7) is 10.8. The third kappa shape index (κ3) is 4.12. The van der Waals surface area contributed by atoms with E-state index in [-0.39, 0.29) is 10.8 Å². The molecule has 0 aliphatic rings. The number of fused-ring (bicyclic) bond motifs is 2. The predicted octanol–water partition coefficient (Wildman–Crippen LogP) is 5.76. The van der Waals surface area contributed by atoms with Gasteiger partial charge in [-0.1, -0.05) is 65.0 Å². The van der Waals surface area contributed by atoms with E-state index in [1.165, 1.54) is 5.56 Å². The Morgan fingerprint density at radius 2 is 1.18 bits per heavy atom. The zero-order chi connectivity index (χ0) is 26.5. The molecule has 0 bridgehead atoms. The van der Waals surface area contributed by atoms with Crippen molar-refractivity contribution in [2.75, 3.05) is 0 Å². The molecule has 0 radical (unpaired) electrons. The van der Waals surface area contributed by atoms with Gasteiger partial charge < -0.3 is 0 Å². The molecule has 8 heteroatoms. The molecule has 4 heterocycles. The average Bonchev–Trinajstić information content (AvgIpc) is 3.53. The van der Waals surface area contributed by atoms with Crippen LogP contribution in [0, 0.1) is 0 Å². The molecule has 0 aliphatic carbocycles. The number of aromatic nitrogens is 8. The lowest BCUT2D eigenvalue weighted by Gasteiger charge is -2.24. The van der Waals surface area contributed by atoms with Crippen LogP contribution in [0.15, 0.2) is 79.9 Å². The van der Waals surface area contributed by atoms with Gasteiger partial charge in [0.1, 0.15) is 36.3 Å². The first-order valence-corrected chi connectivity index (χ1v) is 12.7. The molecule has 0 N–H and O–H groups in total. The molecular weight excluding hydrogens is 472 g/mol. The summed E-state index contributed by atoms with van der Waals surface area (Å²) >= 11 is 0. The second-order valence-corrected chi connectivity index (χ2v) is 11.3. The van der Waals surface area contributed by atoms with Gasteiger partial charge in [-0.2, -0.15) is 0 Å². The molecule has 0 unspecified atom stereocenters.